The van der Waals surface area contributed by atoms with E-state index in [1.807, 2.05) is 12.1 Å². The third-order valence-corrected chi connectivity index (χ3v) is 3.84. The molecule has 4 nitrogen and oxygen atoms in total. The maximum Gasteiger partial charge on any atom is 0.153 e. The number of hydrogen-bond donors (Lipinski definition) is 2. The van der Waals surface area contributed by atoms with Crippen LogP contribution in [0.15, 0.2) is 42.7 Å². The van der Waals surface area contributed by atoms with Gasteiger partial charge in [-0.15, -0.1) is 0 Å². The molecule has 1 aromatic carbocycles. The Morgan fingerprint density at radius 2 is 2.10 bits per heavy atom. The standard InChI is InChI=1S/C14H10FIN4/c15-9-3-4-10(11(16)6-9)13-12(14(17)20-19-13)8-2-1-5-18-7-8/h1-7H,(H3,17,19,20). The number of rotatable bonds is 2. The Hall–Kier alpha value is -1.96. The molecule has 0 unspecified atom stereocenters. The van der Waals surface area contributed by atoms with Gasteiger partial charge in [0.15, 0.2) is 5.82 Å². The highest BCUT2D eigenvalue weighted by Gasteiger charge is 2.16. The molecule has 0 fully saturated rings. The van der Waals surface area contributed by atoms with E-state index in [-0.39, 0.29) is 5.82 Å². The highest BCUT2D eigenvalue weighted by Crippen LogP contribution is 2.36. The average Bonchev–Trinajstić information content (AvgIpc) is 2.81. The number of aromatic amines is 1. The normalized spacial score (nSPS) is 10.7. The lowest BCUT2D eigenvalue weighted by molar-refractivity contribution is 0.627. The van der Waals surface area contributed by atoms with Crippen LogP contribution >= 0.6 is 22.6 Å². The first-order valence-corrected chi connectivity index (χ1v) is 6.94. The smallest absolute Gasteiger partial charge is 0.153 e. The van der Waals surface area contributed by atoms with E-state index in [4.69, 9.17) is 5.73 Å². The molecule has 0 radical (unpaired) electrons. The molecule has 2 heterocycles. The van der Waals surface area contributed by atoms with Crippen LogP contribution in [-0.2, 0) is 0 Å². The van der Waals surface area contributed by atoms with Gasteiger partial charge in [-0.2, -0.15) is 5.10 Å². The Labute approximate surface area is 128 Å². The lowest BCUT2D eigenvalue weighted by Gasteiger charge is -2.06. The molecular formula is C14H10FIN4. The van der Waals surface area contributed by atoms with Crippen LogP contribution in [0.5, 0.6) is 0 Å². The number of nitrogens with two attached hydrogens (primary N) is 1. The van der Waals surface area contributed by atoms with Gasteiger partial charge in [-0.05, 0) is 46.9 Å². The minimum atomic E-state index is -0.270. The van der Waals surface area contributed by atoms with E-state index < -0.39 is 0 Å². The first kappa shape index (κ1) is 13.0. The molecule has 0 amide bonds. The lowest BCUT2D eigenvalue weighted by Crippen LogP contribution is -1.91. The summed E-state index contributed by atoms with van der Waals surface area (Å²) in [5.74, 6) is 0.127. The fourth-order valence-corrected chi connectivity index (χ4v) is 2.79. The van der Waals surface area contributed by atoms with Crippen LogP contribution < -0.4 is 5.73 Å². The monoisotopic (exact) mass is 380 g/mol. The molecule has 3 aromatic rings. The molecule has 0 aliphatic carbocycles. The van der Waals surface area contributed by atoms with Crippen molar-refractivity contribution in [3.05, 3.63) is 52.1 Å². The maximum atomic E-state index is 13.2. The van der Waals surface area contributed by atoms with E-state index in [1.54, 1.807) is 18.5 Å². The molecule has 0 atom stereocenters. The molecule has 20 heavy (non-hydrogen) atoms. The van der Waals surface area contributed by atoms with Gasteiger partial charge in [-0.25, -0.2) is 4.39 Å². The zero-order valence-electron chi connectivity index (χ0n) is 10.3. The molecular weight excluding hydrogens is 370 g/mol. The number of aromatic nitrogens is 3. The highest BCUT2D eigenvalue weighted by atomic mass is 127. The summed E-state index contributed by atoms with van der Waals surface area (Å²) >= 11 is 2.09. The summed E-state index contributed by atoms with van der Waals surface area (Å²) in [5, 5.41) is 6.98. The molecule has 0 spiro atoms. The number of nitrogen functional groups attached to an aromatic ring is 1. The molecule has 0 saturated heterocycles. The third kappa shape index (κ3) is 2.26. The van der Waals surface area contributed by atoms with Crippen molar-refractivity contribution >= 4 is 28.4 Å². The number of H-pyrrole nitrogens is 1. The van der Waals surface area contributed by atoms with E-state index >= 15 is 0 Å². The number of hydrogen-bond acceptors (Lipinski definition) is 3. The first-order chi connectivity index (χ1) is 9.66. The van der Waals surface area contributed by atoms with Crippen LogP contribution in [0.4, 0.5) is 10.2 Å². The predicted octanol–water partition coefficient (Wildman–Crippen LogP) is 3.46. The van der Waals surface area contributed by atoms with Gasteiger partial charge in [0.25, 0.3) is 0 Å². The molecule has 0 aliphatic heterocycles. The van der Waals surface area contributed by atoms with E-state index in [0.29, 0.717) is 5.82 Å². The second kappa shape index (κ2) is 5.20. The summed E-state index contributed by atoms with van der Waals surface area (Å²) in [7, 11) is 0. The highest BCUT2D eigenvalue weighted by molar-refractivity contribution is 14.1. The molecule has 3 N–H and O–H groups in total. The van der Waals surface area contributed by atoms with Crippen LogP contribution in [0.3, 0.4) is 0 Å². The fraction of sp³-hybridized carbons (Fsp3) is 0. The van der Waals surface area contributed by atoms with Gasteiger partial charge in [0.2, 0.25) is 0 Å². The minimum Gasteiger partial charge on any atom is -0.382 e. The van der Waals surface area contributed by atoms with Crippen LogP contribution in [0.2, 0.25) is 0 Å². The van der Waals surface area contributed by atoms with Crippen molar-refractivity contribution in [1.29, 1.82) is 0 Å². The molecule has 2 aromatic heterocycles. The van der Waals surface area contributed by atoms with Gasteiger partial charge < -0.3 is 5.73 Å². The number of pyridine rings is 1. The van der Waals surface area contributed by atoms with Crippen LogP contribution in [0.25, 0.3) is 22.4 Å². The number of anilines is 1. The fourth-order valence-electron chi connectivity index (χ4n) is 2.05. The number of nitrogens with zero attached hydrogens (tertiary/aromatic N) is 2. The van der Waals surface area contributed by atoms with E-state index in [0.717, 1.165) is 26.0 Å². The van der Waals surface area contributed by atoms with Crippen molar-refractivity contribution < 1.29 is 4.39 Å². The van der Waals surface area contributed by atoms with Gasteiger partial charge in [0.1, 0.15) is 5.82 Å². The first-order valence-electron chi connectivity index (χ1n) is 5.86. The minimum absolute atomic E-state index is 0.270. The maximum absolute atomic E-state index is 13.2. The summed E-state index contributed by atoms with van der Waals surface area (Å²) in [4.78, 5) is 4.09. The summed E-state index contributed by atoms with van der Waals surface area (Å²) in [5.41, 5.74) is 9.21. The van der Waals surface area contributed by atoms with Crippen LogP contribution in [-0.4, -0.2) is 15.2 Å². The zero-order chi connectivity index (χ0) is 14.1. The largest absolute Gasteiger partial charge is 0.382 e. The van der Waals surface area contributed by atoms with Crippen molar-refractivity contribution in [1.82, 2.24) is 15.2 Å². The number of benzene rings is 1. The molecule has 0 aliphatic rings. The molecule has 0 bridgehead atoms. The second-order valence-corrected chi connectivity index (χ2v) is 5.39. The molecule has 3 rings (SSSR count). The topological polar surface area (TPSA) is 67.6 Å². The van der Waals surface area contributed by atoms with Gasteiger partial charge in [-0.1, -0.05) is 6.07 Å². The van der Waals surface area contributed by atoms with Crippen LogP contribution in [0.1, 0.15) is 0 Å². The van der Waals surface area contributed by atoms with Crippen LogP contribution in [0, 0.1) is 9.39 Å². The van der Waals surface area contributed by atoms with E-state index in [1.165, 1.54) is 12.1 Å². The van der Waals surface area contributed by atoms with E-state index in [2.05, 4.69) is 37.8 Å². The summed E-state index contributed by atoms with van der Waals surface area (Å²) in [6, 6.07) is 8.35. The second-order valence-electron chi connectivity index (χ2n) is 4.22. The Balaban J connectivity index is 2.21. The SMILES string of the molecule is Nc1n[nH]c(-c2ccc(F)cc2I)c1-c1cccnc1. The summed E-state index contributed by atoms with van der Waals surface area (Å²) < 4.78 is 14.0. The van der Waals surface area contributed by atoms with Crippen molar-refractivity contribution in [2.24, 2.45) is 0 Å². The Morgan fingerprint density at radius 3 is 2.80 bits per heavy atom. The summed E-state index contributed by atoms with van der Waals surface area (Å²) in [6.07, 6.45) is 3.42. The Bertz CT molecular complexity index is 755. The molecule has 0 saturated carbocycles. The number of halogens is 2. The van der Waals surface area contributed by atoms with Crippen molar-refractivity contribution in [3.63, 3.8) is 0 Å². The van der Waals surface area contributed by atoms with Gasteiger partial charge in [-0.3, -0.25) is 10.1 Å². The number of nitrogens with one attached hydrogen (secondary N) is 1. The van der Waals surface area contributed by atoms with Gasteiger partial charge in [0, 0.05) is 27.1 Å². The van der Waals surface area contributed by atoms with Crippen molar-refractivity contribution in [3.8, 4) is 22.4 Å². The quantitative estimate of drug-likeness (QED) is 0.670. The zero-order valence-corrected chi connectivity index (χ0v) is 12.4. The molecule has 6 heteroatoms. The van der Waals surface area contributed by atoms with Crippen molar-refractivity contribution in [2.45, 2.75) is 0 Å². The molecule has 100 valence electrons. The Morgan fingerprint density at radius 1 is 1.25 bits per heavy atom. The van der Waals surface area contributed by atoms with E-state index in [9.17, 15) is 4.39 Å². The average molecular weight is 380 g/mol. The summed E-state index contributed by atoms with van der Waals surface area (Å²) in [6.45, 7) is 0. The predicted molar refractivity (Wildman–Crippen MR) is 84.3 cm³/mol. The Kier molecular flexibility index (Phi) is 3.39. The van der Waals surface area contributed by atoms with Crippen molar-refractivity contribution in [2.75, 3.05) is 5.73 Å². The van der Waals surface area contributed by atoms with Gasteiger partial charge in [0.05, 0.1) is 11.3 Å². The lowest BCUT2D eigenvalue weighted by atomic mass is 10.0. The van der Waals surface area contributed by atoms with Gasteiger partial charge >= 0.3 is 0 Å². The third-order valence-electron chi connectivity index (χ3n) is 2.94.